The first-order chi connectivity index (χ1) is 11.5. The molecular weight excluding hydrogens is 351 g/mol. The number of halogens is 2. The SMILES string of the molecule is N#CC1(NC(=O)COC(=O)/C=C/c2c(Cl)cccc2Cl)CCCC1. The zero-order valence-electron chi connectivity index (χ0n) is 12.9. The third-order valence-electron chi connectivity index (χ3n) is 3.78. The molecule has 1 saturated carbocycles. The Morgan fingerprint density at radius 1 is 1.29 bits per heavy atom. The van der Waals surface area contributed by atoms with E-state index in [1.54, 1.807) is 18.2 Å². The molecule has 1 aromatic carbocycles. The van der Waals surface area contributed by atoms with Crippen molar-refractivity contribution in [3.8, 4) is 6.07 Å². The van der Waals surface area contributed by atoms with Gasteiger partial charge in [-0.2, -0.15) is 5.26 Å². The van der Waals surface area contributed by atoms with Crippen LogP contribution in [0.1, 0.15) is 31.2 Å². The van der Waals surface area contributed by atoms with E-state index in [9.17, 15) is 14.9 Å². The number of nitrogens with one attached hydrogen (secondary N) is 1. The maximum absolute atomic E-state index is 11.8. The molecular formula is C17H16Cl2N2O3. The molecule has 0 spiro atoms. The largest absolute Gasteiger partial charge is 0.452 e. The Labute approximate surface area is 150 Å². The summed E-state index contributed by atoms with van der Waals surface area (Å²) in [6, 6.07) is 7.13. The molecule has 7 heteroatoms. The Kier molecular flexibility index (Phi) is 6.24. The molecule has 0 heterocycles. The topological polar surface area (TPSA) is 79.2 Å². The van der Waals surface area contributed by atoms with Crippen molar-refractivity contribution in [2.75, 3.05) is 6.61 Å². The normalized spacial score (nSPS) is 15.9. The lowest BCUT2D eigenvalue weighted by molar-refractivity contribution is -0.144. The van der Waals surface area contributed by atoms with E-state index in [1.807, 2.05) is 0 Å². The van der Waals surface area contributed by atoms with Gasteiger partial charge in [0.05, 0.1) is 6.07 Å². The van der Waals surface area contributed by atoms with Gasteiger partial charge in [-0.1, -0.05) is 29.3 Å². The Morgan fingerprint density at radius 2 is 1.92 bits per heavy atom. The van der Waals surface area contributed by atoms with Crippen molar-refractivity contribution in [1.82, 2.24) is 5.32 Å². The van der Waals surface area contributed by atoms with Crippen LogP contribution in [0.5, 0.6) is 0 Å². The first-order valence-electron chi connectivity index (χ1n) is 7.47. The van der Waals surface area contributed by atoms with Crippen LogP contribution in [0.4, 0.5) is 0 Å². The molecule has 0 saturated heterocycles. The summed E-state index contributed by atoms with van der Waals surface area (Å²) in [5, 5.41) is 12.7. The standard InChI is InChI=1S/C17H16Cl2N2O3/c18-13-4-3-5-14(19)12(13)6-7-16(23)24-10-15(22)21-17(11-20)8-1-2-9-17/h3-7H,1-2,8-10H2,(H,21,22)/b7-6+. The summed E-state index contributed by atoms with van der Waals surface area (Å²) in [7, 11) is 0. The van der Waals surface area contributed by atoms with Gasteiger partial charge < -0.3 is 10.1 Å². The maximum atomic E-state index is 11.8. The number of benzene rings is 1. The second-order valence-electron chi connectivity index (χ2n) is 5.53. The van der Waals surface area contributed by atoms with Crippen LogP contribution in [0, 0.1) is 11.3 Å². The number of amides is 1. The molecule has 0 aliphatic heterocycles. The van der Waals surface area contributed by atoms with Gasteiger partial charge in [0, 0.05) is 21.7 Å². The van der Waals surface area contributed by atoms with Crippen molar-refractivity contribution in [2.45, 2.75) is 31.2 Å². The van der Waals surface area contributed by atoms with Crippen LogP contribution >= 0.6 is 23.2 Å². The third kappa shape index (κ3) is 4.73. The zero-order chi connectivity index (χ0) is 17.6. The average molecular weight is 367 g/mol. The minimum Gasteiger partial charge on any atom is -0.452 e. The summed E-state index contributed by atoms with van der Waals surface area (Å²) in [5.74, 6) is -1.19. The molecule has 0 bridgehead atoms. The molecule has 2 rings (SSSR count). The Bertz CT molecular complexity index is 684. The van der Waals surface area contributed by atoms with Crippen molar-refractivity contribution in [3.63, 3.8) is 0 Å². The maximum Gasteiger partial charge on any atom is 0.331 e. The molecule has 0 radical (unpaired) electrons. The summed E-state index contributed by atoms with van der Waals surface area (Å²) in [6.45, 7) is -0.442. The van der Waals surface area contributed by atoms with Crippen molar-refractivity contribution < 1.29 is 14.3 Å². The van der Waals surface area contributed by atoms with Crippen molar-refractivity contribution in [1.29, 1.82) is 5.26 Å². The van der Waals surface area contributed by atoms with Crippen LogP contribution in [0.25, 0.3) is 6.08 Å². The highest BCUT2D eigenvalue weighted by molar-refractivity contribution is 6.37. The Hall–Kier alpha value is -2.03. The van der Waals surface area contributed by atoms with Gasteiger partial charge in [0.1, 0.15) is 5.54 Å². The first kappa shape index (κ1) is 18.3. The molecule has 1 fully saturated rings. The molecule has 1 aliphatic rings. The van der Waals surface area contributed by atoms with E-state index in [0.717, 1.165) is 18.9 Å². The molecule has 5 nitrogen and oxygen atoms in total. The monoisotopic (exact) mass is 366 g/mol. The molecule has 0 aromatic heterocycles. The van der Waals surface area contributed by atoms with Gasteiger partial charge >= 0.3 is 5.97 Å². The predicted molar refractivity (Wildman–Crippen MR) is 91.4 cm³/mol. The highest BCUT2D eigenvalue weighted by Gasteiger charge is 2.35. The molecule has 1 amide bonds. The van der Waals surface area contributed by atoms with Gasteiger partial charge in [0.25, 0.3) is 5.91 Å². The number of carbonyl (C=O) groups excluding carboxylic acids is 2. The number of hydrogen-bond acceptors (Lipinski definition) is 4. The van der Waals surface area contributed by atoms with E-state index >= 15 is 0 Å². The molecule has 1 N–H and O–H groups in total. The van der Waals surface area contributed by atoms with Crippen molar-refractivity contribution in [2.24, 2.45) is 0 Å². The fraction of sp³-hybridized carbons (Fsp3) is 0.353. The Balaban J connectivity index is 1.86. The van der Waals surface area contributed by atoms with E-state index in [1.165, 1.54) is 6.08 Å². The lowest BCUT2D eigenvalue weighted by Gasteiger charge is -2.21. The second-order valence-corrected chi connectivity index (χ2v) is 6.34. The minimum atomic E-state index is -0.829. The van der Waals surface area contributed by atoms with E-state index in [2.05, 4.69) is 11.4 Å². The number of nitrogens with zero attached hydrogens (tertiary/aromatic N) is 1. The average Bonchev–Trinajstić information content (AvgIpc) is 3.01. The van der Waals surface area contributed by atoms with Gasteiger partial charge in [0.2, 0.25) is 0 Å². The van der Waals surface area contributed by atoms with Crippen LogP contribution in [0.15, 0.2) is 24.3 Å². The molecule has 1 aromatic rings. The smallest absolute Gasteiger partial charge is 0.331 e. The molecule has 24 heavy (non-hydrogen) atoms. The van der Waals surface area contributed by atoms with Crippen LogP contribution < -0.4 is 5.32 Å². The van der Waals surface area contributed by atoms with E-state index in [-0.39, 0.29) is 0 Å². The lowest BCUT2D eigenvalue weighted by Crippen LogP contribution is -2.46. The number of hydrogen-bond donors (Lipinski definition) is 1. The number of nitriles is 1. The minimum absolute atomic E-state index is 0.404. The van der Waals surface area contributed by atoms with Gasteiger partial charge in [-0.3, -0.25) is 4.79 Å². The summed E-state index contributed by atoms with van der Waals surface area (Å²) < 4.78 is 4.87. The summed E-state index contributed by atoms with van der Waals surface area (Å²) in [5.41, 5.74) is -0.332. The summed E-state index contributed by atoms with van der Waals surface area (Å²) >= 11 is 12.0. The predicted octanol–water partition coefficient (Wildman–Crippen LogP) is 3.50. The van der Waals surface area contributed by atoms with Gasteiger partial charge in [0.15, 0.2) is 6.61 Å². The molecule has 1 aliphatic carbocycles. The number of ether oxygens (including phenoxy) is 1. The first-order valence-corrected chi connectivity index (χ1v) is 8.22. The summed E-state index contributed by atoms with van der Waals surface area (Å²) in [4.78, 5) is 23.5. The fourth-order valence-electron chi connectivity index (χ4n) is 2.55. The lowest BCUT2D eigenvalue weighted by atomic mass is 10.00. The van der Waals surface area contributed by atoms with Crippen LogP contribution in [-0.4, -0.2) is 24.0 Å². The van der Waals surface area contributed by atoms with Crippen LogP contribution in [0.3, 0.4) is 0 Å². The molecule has 0 atom stereocenters. The van der Waals surface area contributed by atoms with Crippen molar-refractivity contribution >= 4 is 41.2 Å². The van der Waals surface area contributed by atoms with Gasteiger partial charge in [-0.05, 0) is 43.9 Å². The molecule has 126 valence electrons. The quantitative estimate of drug-likeness (QED) is 0.638. The van der Waals surface area contributed by atoms with Gasteiger partial charge in [-0.15, -0.1) is 0 Å². The van der Waals surface area contributed by atoms with Gasteiger partial charge in [-0.25, -0.2) is 4.79 Å². The molecule has 0 unspecified atom stereocenters. The van der Waals surface area contributed by atoms with Crippen molar-refractivity contribution in [3.05, 3.63) is 39.9 Å². The number of esters is 1. The highest BCUT2D eigenvalue weighted by atomic mass is 35.5. The van der Waals surface area contributed by atoms with E-state index in [0.29, 0.717) is 28.5 Å². The fourth-order valence-corrected chi connectivity index (χ4v) is 3.08. The Morgan fingerprint density at radius 3 is 2.50 bits per heavy atom. The third-order valence-corrected chi connectivity index (χ3v) is 4.44. The van der Waals surface area contributed by atoms with E-state index < -0.39 is 24.0 Å². The number of rotatable bonds is 5. The number of carbonyl (C=O) groups is 2. The van der Waals surface area contributed by atoms with Crippen LogP contribution in [-0.2, 0) is 14.3 Å². The second kappa shape index (κ2) is 8.18. The highest BCUT2D eigenvalue weighted by Crippen LogP contribution is 2.28. The van der Waals surface area contributed by atoms with Crippen LogP contribution in [0.2, 0.25) is 10.0 Å². The zero-order valence-corrected chi connectivity index (χ0v) is 14.4. The van der Waals surface area contributed by atoms with E-state index in [4.69, 9.17) is 27.9 Å². The summed E-state index contributed by atoms with van der Waals surface area (Å²) in [6.07, 6.45) is 5.61.